The van der Waals surface area contributed by atoms with E-state index in [-0.39, 0.29) is 5.56 Å². The third-order valence-corrected chi connectivity index (χ3v) is 3.36. The summed E-state index contributed by atoms with van der Waals surface area (Å²) in [5, 5.41) is 0.914. The Morgan fingerprint density at radius 1 is 1.00 bits per heavy atom. The number of halogens is 5. The minimum Gasteiger partial charge on any atom is -0.294 e. The molecule has 110 valence electrons. The van der Waals surface area contributed by atoms with E-state index in [0.29, 0.717) is 21.2 Å². The highest BCUT2D eigenvalue weighted by atomic mass is 35.5. The van der Waals surface area contributed by atoms with E-state index in [1.807, 2.05) is 0 Å². The van der Waals surface area contributed by atoms with Crippen molar-refractivity contribution in [3.8, 4) is 11.1 Å². The van der Waals surface area contributed by atoms with Gasteiger partial charge in [-0.1, -0.05) is 53.5 Å². The van der Waals surface area contributed by atoms with Crippen LogP contribution in [-0.2, 0) is 0 Å². The van der Waals surface area contributed by atoms with E-state index in [9.17, 15) is 18.0 Å². The Labute approximate surface area is 129 Å². The maximum absolute atomic E-state index is 12.2. The van der Waals surface area contributed by atoms with Crippen molar-refractivity contribution in [2.45, 2.75) is 12.6 Å². The van der Waals surface area contributed by atoms with Gasteiger partial charge in [-0.2, -0.15) is 13.2 Å². The Morgan fingerprint density at radius 3 is 2.14 bits per heavy atom. The van der Waals surface area contributed by atoms with Gasteiger partial charge < -0.3 is 0 Å². The Kier molecular flexibility index (Phi) is 4.59. The number of benzene rings is 2. The van der Waals surface area contributed by atoms with Crippen molar-refractivity contribution in [3.63, 3.8) is 0 Å². The molecule has 2 aromatic carbocycles. The zero-order valence-corrected chi connectivity index (χ0v) is 12.1. The zero-order chi connectivity index (χ0) is 15.6. The molecule has 0 N–H and O–H groups in total. The van der Waals surface area contributed by atoms with Gasteiger partial charge in [0.05, 0.1) is 0 Å². The first-order valence-electron chi connectivity index (χ1n) is 5.92. The van der Waals surface area contributed by atoms with Gasteiger partial charge in [0, 0.05) is 21.2 Å². The summed E-state index contributed by atoms with van der Waals surface area (Å²) in [5.41, 5.74) is 1.40. The van der Waals surface area contributed by atoms with Gasteiger partial charge in [0.25, 0.3) is 0 Å². The first-order valence-corrected chi connectivity index (χ1v) is 6.67. The van der Waals surface area contributed by atoms with Gasteiger partial charge in [0.15, 0.2) is 5.78 Å². The molecule has 0 atom stereocenters. The summed E-state index contributed by atoms with van der Waals surface area (Å²) in [7, 11) is 0. The third kappa shape index (κ3) is 4.22. The summed E-state index contributed by atoms with van der Waals surface area (Å²) in [6.07, 6.45) is -5.97. The van der Waals surface area contributed by atoms with Gasteiger partial charge in [0.1, 0.15) is 6.42 Å². The molecule has 1 nitrogen and oxygen atoms in total. The largest absolute Gasteiger partial charge is 0.396 e. The van der Waals surface area contributed by atoms with Crippen molar-refractivity contribution >= 4 is 29.0 Å². The van der Waals surface area contributed by atoms with Crippen molar-refractivity contribution in [2.24, 2.45) is 0 Å². The van der Waals surface area contributed by atoms with E-state index >= 15 is 0 Å². The second-order valence-corrected chi connectivity index (χ2v) is 5.26. The predicted molar refractivity (Wildman–Crippen MR) is 76.9 cm³/mol. The monoisotopic (exact) mass is 332 g/mol. The van der Waals surface area contributed by atoms with Crippen LogP contribution in [0.1, 0.15) is 16.8 Å². The van der Waals surface area contributed by atoms with Gasteiger partial charge in [-0.05, 0) is 17.7 Å². The molecule has 0 bridgehead atoms. The SMILES string of the molecule is O=C(CC(F)(F)F)c1ccc(-c2ccc(Cl)cc2Cl)cc1. The molecule has 0 spiro atoms. The molecule has 2 rings (SSSR count). The van der Waals surface area contributed by atoms with Gasteiger partial charge in [-0.3, -0.25) is 4.79 Å². The standard InChI is InChI=1S/C15H9Cl2F3O/c16-11-5-6-12(13(17)7-11)9-1-3-10(4-2-9)14(21)8-15(18,19)20/h1-7H,8H2. The lowest BCUT2D eigenvalue weighted by atomic mass is 10.0. The maximum atomic E-state index is 12.2. The van der Waals surface area contributed by atoms with Crippen molar-refractivity contribution < 1.29 is 18.0 Å². The minimum atomic E-state index is -4.50. The fourth-order valence-electron chi connectivity index (χ4n) is 1.84. The molecule has 0 unspecified atom stereocenters. The van der Waals surface area contributed by atoms with Gasteiger partial charge in [-0.25, -0.2) is 0 Å². The summed E-state index contributed by atoms with van der Waals surface area (Å²) in [5.74, 6) is -0.962. The number of rotatable bonds is 3. The highest BCUT2D eigenvalue weighted by Crippen LogP contribution is 2.31. The molecule has 0 aliphatic rings. The Bertz CT molecular complexity index is 664. The molecule has 0 aromatic heterocycles. The summed E-state index contributed by atoms with van der Waals surface area (Å²) >= 11 is 11.9. The number of Topliss-reactive ketones (excluding diaryl/α,β-unsaturated/α-hetero) is 1. The van der Waals surface area contributed by atoms with Crippen molar-refractivity contribution in [1.82, 2.24) is 0 Å². The van der Waals surface area contributed by atoms with Crippen LogP contribution in [0.15, 0.2) is 42.5 Å². The van der Waals surface area contributed by atoms with E-state index in [4.69, 9.17) is 23.2 Å². The number of ketones is 1. The molecule has 0 saturated heterocycles. The maximum Gasteiger partial charge on any atom is 0.396 e. The molecule has 0 radical (unpaired) electrons. The second-order valence-electron chi connectivity index (χ2n) is 4.42. The average Bonchev–Trinajstić information content (AvgIpc) is 2.37. The van der Waals surface area contributed by atoms with Crippen LogP contribution in [-0.4, -0.2) is 12.0 Å². The fraction of sp³-hybridized carbons (Fsp3) is 0.133. The van der Waals surface area contributed by atoms with Crippen LogP contribution in [0, 0.1) is 0 Å². The van der Waals surface area contributed by atoms with Crippen LogP contribution in [0.4, 0.5) is 13.2 Å². The molecular weight excluding hydrogens is 324 g/mol. The van der Waals surface area contributed by atoms with E-state index in [1.165, 1.54) is 12.1 Å². The first kappa shape index (κ1) is 15.9. The molecule has 0 heterocycles. The molecule has 21 heavy (non-hydrogen) atoms. The zero-order valence-electron chi connectivity index (χ0n) is 10.5. The molecule has 0 aliphatic heterocycles. The fourth-order valence-corrected chi connectivity index (χ4v) is 2.36. The quantitative estimate of drug-likeness (QED) is 0.649. The minimum absolute atomic E-state index is 0.0150. The highest BCUT2D eigenvalue weighted by molar-refractivity contribution is 6.36. The predicted octanol–water partition coefficient (Wildman–Crippen LogP) is 5.80. The molecule has 0 aliphatic carbocycles. The third-order valence-electron chi connectivity index (χ3n) is 2.81. The van der Waals surface area contributed by atoms with Gasteiger partial charge >= 0.3 is 6.18 Å². The topological polar surface area (TPSA) is 17.1 Å². The number of alkyl halides is 3. The molecule has 0 fully saturated rings. The summed E-state index contributed by atoms with van der Waals surface area (Å²) in [6.45, 7) is 0. The van der Waals surface area contributed by atoms with E-state index in [1.54, 1.807) is 30.3 Å². The van der Waals surface area contributed by atoms with Crippen molar-refractivity contribution in [3.05, 3.63) is 58.1 Å². The van der Waals surface area contributed by atoms with E-state index in [0.717, 1.165) is 0 Å². The summed E-state index contributed by atoms with van der Waals surface area (Å²) in [4.78, 5) is 11.5. The van der Waals surface area contributed by atoms with Gasteiger partial charge in [-0.15, -0.1) is 0 Å². The molecule has 0 amide bonds. The lowest BCUT2D eigenvalue weighted by molar-refractivity contribution is -0.125. The van der Waals surface area contributed by atoms with Crippen molar-refractivity contribution in [2.75, 3.05) is 0 Å². The first-order chi connectivity index (χ1) is 9.76. The number of hydrogen-bond acceptors (Lipinski definition) is 1. The Hall–Kier alpha value is -1.52. The Balaban J connectivity index is 2.25. The summed E-state index contributed by atoms with van der Waals surface area (Å²) in [6, 6.07) is 10.8. The summed E-state index contributed by atoms with van der Waals surface area (Å²) < 4.78 is 36.5. The van der Waals surface area contributed by atoms with Crippen LogP contribution in [0.5, 0.6) is 0 Å². The lowest BCUT2D eigenvalue weighted by Gasteiger charge is -2.08. The van der Waals surface area contributed by atoms with Crippen LogP contribution in [0.25, 0.3) is 11.1 Å². The van der Waals surface area contributed by atoms with Crippen LogP contribution in [0.3, 0.4) is 0 Å². The second kappa shape index (κ2) is 6.08. The highest BCUT2D eigenvalue weighted by Gasteiger charge is 2.31. The normalized spacial score (nSPS) is 11.5. The van der Waals surface area contributed by atoms with E-state index < -0.39 is 18.4 Å². The van der Waals surface area contributed by atoms with Crippen LogP contribution < -0.4 is 0 Å². The number of carbonyl (C=O) groups excluding carboxylic acids is 1. The Morgan fingerprint density at radius 2 is 1.62 bits per heavy atom. The average molecular weight is 333 g/mol. The lowest BCUT2D eigenvalue weighted by Crippen LogP contribution is -2.14. The van der Waals surface area contributed by atoms with Crippen LogP contribution in [0.2, 0.25) is 10.0 Å². The smallest absolute Gasteiger partial charge is 0.294 e. The molecule has 0 saturated carbocycles. The van der Waals surface area contributed by atoms with Crippen LogP contribution >= 0.6 is 23.2 Å². The van der Waals surface area contributed by atoms with Gasteiger partial charge in [0.2, 0.25) is 0 Å². The van der Waals surface area contributed by atoms with Crippen molar-refractivity contribution in [1.29, 1.82) is 0 Å². The molecule has 6 heteroatoms. The number of carbonyl (C=O) groups is 1. The molecule has 2 aromatic rings. The molecular formula is C15H9Cl2F3O. The number of hydrogen-bond donors (Lipinski definition) is 0. The van der Waals surface area contributed by atoms with E-state index in [2.05, 4.69) is 0 Å².